The van der Waals surface area contributed by atoms with Crippen LogP contribution in [0.2, 0.25) is 0 Å². The Morgan fingerprint density at radius 2 is 1.81 bits per heavy atom. The molecule has 1 heteroatoms. The van der Waals surface area contributed by atoms with Gasteiger partial charge in [-0.25, -0.2) is 0 Å². The fourth-order valence-electron chi connectivity index (χ4n) is 3.22. The largest absolute Gasteiger partial charge is 0.314 e. The van der Waals surface area contributed by atoms with Crippen LogP contribution in [0.4, 0.5) is 0 Å². The molecule has 2 rings (SSSR count). The minimum absolute atomic E-state index is 0.863. The third-order valence-electron chi connectivity index (χ3n) is 4.46. The first-order valence-electron chi connectivity index (χ1n) is 7.63. The fourth-order valence-corrected chi connectivity index (χ4v) is 3.22. The summed E-state index contributed by atoms with van der Waals surface area (Å²) in [6.45, 7) is 3.50. The molecule has 0 heterocycles. The molecule has 2 saturated carbocycles. The van der Waals surface area contributed by atoms with Gasteiger partial charge in [0.2, 0.25) is 0 Å². The topological polar surface area (TPSA) is 12.0 Å². The Balaban J connectivity index is 1.64. The van der Waals surface area contributed by atoms with E-state index in [2.05, 4.69) is 12.2 Å². The summed E-state index contributed by atoms with van der Waals surface area (Å²) in [5.41, 5.74) is 0. The lowest BCUT2D eigenvalue weighted by Gasteiger charge is -2.25. The SMILES string of the molecule is CCCNC(CCC1CCCCC1)C1CC1. The molecule has 1 N–H and O–H groups in total. The molecule has 0 aromatic carbocycles. The third kappa shape index (κ3) is 4.08. The Labute approximate surface area is 101 Å². The van der Waals surface area contributed by atoms with Crippen LogP contribution in [-0.4, -0.2) is 12.6 Å². The molecular weight excluding hydrogens is 194 g/mol. The minimum atomic E-state index is 0.863. The van der Waals surface area contributed by atoms with Gasteiger partial charge >= 0.3 is 0 Å². The van der Waals surface area contributed by atoms with Crippen molar-refractivity contribution in [1.82, 2.24) is 5.32 Å². The van der Waals surface area contributed by atoms with Crippen LogP contribution < -0.4 is 5.32 Å². The van der Waals surface area contributed by atoms with E-state index in [9.17, 15) is 0 Å². The van der Waals surface area contributed by atoms with Crippen molar-refractivity contribution in [3.8, 4) is 0 Å². The van der Waals surface area contributed by atoms with Crippen LogP contribution in [0.1, 0.15) is 71.1 Å². The number of rotatable bonds is 7. The van der Waals surface area contributed by atoms with Crippen molar-refractivity contribution in [2.24, 2.45) is 11.8 Å². The van der Waals surface area contributed by atoms with E-state index in [0.29, 0.717) is 0 Å². The molecule has 2 aliphatic carbocycles. The zero-order chi connectivity index (χ0) is 11.2. The van der Waals surface area contributed by atoms with Crippen molar-refractivity contribution in [2.45, 2.75) is 77.2 Å². The van der Waals surface area contributed by atoms with Crippen LogP contribution >= 0.6 is 0 Å². The maximum Gasteiger partial charge on any atom is 0.00954 e. The van der Waals surface area contributed by atoms with Gasteiger partial charge in [0.25, 0.3) is 0 Å². The van der Waals surface area contributed by atoms with Gasteiger partial charge in [0.15, 0.2) is 0 Å². The van der Waals surface area contributed by atoms with Gasteiger partial charge in [-0.1, -0.05) is 39.0 Å². The highest BCUT2D eigenvalue weighted by atomic mass is 14.9. The monoisotopic (exact) mass is 223 g/mol. The Bertz CT molecular complexity index is 180. The first-order valence-corrected chi connectivity index (χ1v) is 7.63. The van der Waals surface area contributed by atoms with Crippen LogP contribution in [-0.2, 0) is 0 Å². The lowest BCUT2D eigenvalue weighted by Crippen LogP contribution is -2.32. The molecule has 0 amide bonds. The number of hydrogen-bond donors (Lipinski definition) is 1. The van der Waals surface area contributed by atoms with Gasteiger partial charge in [0.05, 0.1) is 0 Å². The van der Waals surface area contributed by atoms with E-state index in [1.165, 1.54) is 70.8 Å². The summed E-state index contributed by atoms with van der Waals surface area (Å²) in [4.78, 5) is 0. The molecule has 0 aliphatic heterocycles. The molecule has 0 radical (unpaired) electrons. The summed E-state index contributed by atoms with van der Waals surface area (Å²) in [7, 11) is 0. The zero-order valence-corrected chi connectivity index (χ0v) is 11.0. The summed E-state index contributed by atoms with van der Waals surface area (Å²) in [6, 6.07) is 0.863. The van der Waals surface area contributed by atoms with Crippen LogP contribution in [0.15, 0.2) is 0 Å². The van der Waals surface area contributed by atoms with E-state index in [4.69, 9.17) is 0 Å². The standard InChI is InChI=1S/C15H29N/c1-2-12-16-15(14-9-10-14)11-8-13-6-4-3-5-7-13/h13-16H,2-12H2,1H3. The Kier molecular flexibility index (Phi) is 5.15. The second kappa shape index (κ2) is 6.64. The van der Waals surface area contributed by atoms with E-state index >= 15 is 0 Å². The van der Waals surface area contributed by atoms with Crippen molar-refractivity contribution in [2.75, 3.05) is 6.54 Å². The Morgan fingerprint density at radius 3 is 2.44 bits per heavy atom. The Hall–Kier alpha value is -0.0400. The predicted octanol–water partition coefficient (Wildman–Crippen LogP) is 4.13. The number of hydrogen-bond acceptors (Lipinski definition) is 1. The molecule has 0 aromatic rings. The van der Waals surface area contributed by atoms with Gasteiger partial charge in [-0.05, 0) is 50.5 Å². The quantitative estimate of drug-likeness (QED) is 0.684. The first-order chi connectivity index (χ1) is 7.90. The fraction of sp³-hybridized carbons (Fsp3) is 1.00. The van der Waals surface area contributed by atoms with Crippen molar-refractivity contribution in [3.63, 3.8) is 0 Å². The molecule has 0 aromatic heterocycles. The van der Waals surface area contributed by atoms with Crippen LogP contribution in [0.5, 0.6) is 0 Å². The van der Waals surface area contributed by atoms with E-state index in [1.807, 2.05) is 0 Å². The highest BCUT2D eigenvalue weighted by Gasteiger charge is 2.30. The van der Waals surface area contributed by atoms with E-state index in [0.717, 1.165) is 17.9 Å². The smallest absolute Gasteiger partial charge is 0.00954 e. The van der Waals surface area contributed by atoms with Crippen molar-refractivity contribution < 1.29 is 0 Å². The van der Waals surface area contributed by atoms with Crippen LogP contribution in [0.25, 0.3) is 0 Å². The molecule has 0 spiro atoms. The molecule has 94 valence electrons. The maximum absolute atomic E-state index is 3.77. The average Bonchev–Trinajstić information content (AvgIpc) is 3.15. The molecule has 1 unspecified atom stereocenters. The number of nitrogens with one attached hydrogen (secondary N) is 1. The highest BCUT2D eigenvalue weighted by molar-refractivity contribution is 4.86. The second-order valence-corrected chi connectivity index (χ2v) is 5.98. The summed E-state index contributed by atoms with van der Waals surface area (Å²) in [5, 5.41) is 3.77. The minimum Gasteiger partial charge on any atom is -0.314 e. The lowest BCUT2D eigenvalue weighted by molar-refractivity contribution is 0.304. The predicted molar refractivity (Wildman–Crippen MR) is 70.6 cm³/mol. The van der Waals surface area contributed by atoms with Gasteiger partial charge in [-0.2, -0.15) is 0 Å². The van der Waals surface area contributed by atoms with Gasteiger partial charge < -0.3 is 5.32 Å². The summed E-state index contributed by atoms with van der Waals surface area (Å²) in [5.74, 6) is 2.11. The van der Waals surface area contributed by atoms with E-state index < -0.39 is 0 Å². The van der Waals surface area contributed by atoms with Crippen molar-refractivity contribution >= 4 is 0 Å². The molecular formula is C15H29N. The molecule has 0 saturated heterocycles. The molecule has 0 bridgehead atoms. The van der Waals surface area contributed by atoms with Crippen molar-refractivity contribution in [3.05, 3.63) is 0 Å². The summed E-state index contributed by atoms with van der Waals surface area (Å²) >= 11 is 0. The maximum atomic E-state index is 3.77. The van der Waals surface area contributed by atoms with E-state index in [-0.39, 0.29) is 0 Å². The second-order valence-electron chi connectivity index (χ2n) is 5.98. The Morgan fingerprint density at radius 1 is 1.06 bits per heavy atom. The molecule has 1 nitrogen and oxygen atoms in total. The highest BCUT2D eigenvalue weighted by Crippen LogP contribution is 2.36. The van der Waals surface area contributed by atoms with Gasteiger partial charge in [0, 0.05) is 6.04 Å². The van der Waals surface area contributed by atoms with Crippen LogP contribution in [0.3, 0.4) is 0 Å². The van der Waals surface area contributed by atoms with Gasteiger partial charge in [-0.3, -0.25) is 0 Å². The first kappa shape index (κ1) is 12.4. The average molecular weight is 223 g/mol. The van der Waals surface area contributed by atoms with Gasteiger partial charge in [0.1, 0.15) is 0 Å². The van der Waals surface area contributed by atoms with Crippen molar-refractivity contribution in [1.29, 1.82) is 0 Å². The zero-order valence-electron chi connectivity index (χ0n) is 11.0. The molecule has 16 heavy (non-hydrogen) atoms. The summed E-state index contributed by atoms with van der Waals surface area (Å²) < 4.78 is 0. The molecule has 2 aliphatic rings. The van der Waals surface area contributed by atoms with E-state index in [1.54, 1.807) is 0 Å². The lowest BCUT2D eigenvalue weighted by atomic mass is 9.85. The molecule has 2 fully saturated rings. The van der Waals surface area contributed by atoms with Gasteiger partial charge in [-0.15, -0.1) is 0 Å². The normalized spacial score (nSPS) is 24.6. The molecule has 1 atom stereocenters. The third-order valence-corrected chi connectivity index (χ3v) is 4.46. The summed E-state index contributed by atoms with van der Waals surface area (Å²) in [6.07, 6.45) is 14.8. The van der Waals surface area contributed by atoms with Crippen LogP contribution in [0, 0.1) is 11.8 Å².